The smallest absolute Gasteiger partial charge is 0.160 e. The molecule has 0 N–H and O–H groups in total. The van der Waals surface area contributed by atoms with Crippen LogP contribution in [0.2, 0.25) is 0 Å². The molecule has 0 heterocycles. The lowest BCUT2D eigenvalue weighted by Gasteiger charge is -2.03. The number of terminal acetylenes is 1. The average Bonchev–Trinajstić information content (AvgIpc) is 2.26. The van der Waals surface area contributed by atoms with Crippen LogP contribution in [-0.2, 0) is 0 Å². The molecule has 0 fully saturated rings. The van der Waals surface area contributed by atoms with Crippen molar-refractivity contribution in [2.45, 2.75) is 13.8 Å². The third-order valence-corrected chi connectivity index (χ3v) is 1.73. The summed E-state index contributed by atoms with van der Waals surface area (Å²) in [5, 5.41) is 0. The first-order chi connectivity index (χ1) is 7.67. The number of ether oxygens (including phenoxy) is 2. The fourth-order valence-electron chi connectivity index (χ4n) is 1.07. The van der Waals surface area contributed by atoms with E-state index in [1.807, 2.05) is 6.11 Å². The zero-order valence-corrected chi connectivity index (χ0v) is 9.03. The maximum atomic E-state index is 11.2. The lowest BCUT2D eigenvalue weighted by molar-refractivity contribution is 0.101. The van der Waals surface area contributed by atoms with Crippen molar-refractivity contribution in [1.82, 2.24) is 0 Å². The van der Waals surface area contributed by atoms with Crippen LogP contribution in [0, 0.1) is 24.6 Å². The number of hydrogen-bond donors (Lipinski definition) is 0. The highest BCUT2D eigenvalue weighted by Crippen LogP contribution is 2.23. The van der Waals surface area contributed by atoms with Crippen LogP contribution < -0.4 is 9.47 Å². The summed E-state index contributed by atoms with van der Waals surface area (Å²) in [7, 11) is 0. The largest absolute Gasteiger partial charge is 0.408 e. The quantitative estimate of drug-likeness (QED) is 0.571. The van der Waals surface area contributed by atoms with E-state index in [4.69, 9.17) is 15.9 Å². The molecule has 0 radical (unpaired) electrons. The van der Waals surface area contributed by atoms with Gasteiger partial charge in [0.1, 0.15) is 23.7 Å². The molecule has 1 rings (SSSR count). The van der Waals surface area contributed by atoms with Crippen molar-refractivity contribution in [3.8, 4) is 36.1 Å². The maximum absolute atomic E-state index is 11.2. The molecule has 1 aromatic carbocycles. The van der Waals surface area contributed by atoms with Crippen LogP contribution in [0.1, 0.15) is 24.2 Å². The van der Waals surface area contributed by atoms with Gasteiger partial charge in [-0.3, -0.25) is 4.79 Å². The van der Waals surface area contributed by atoms with Crippen LogP contribution in [0.15, 0.2) is 18.2 Å². The summed E-state index contributed by atoms with van der Waals surface area (Å²) in [5.41, 5.74) is 0.459. The van der Waals surface area contributed by atoms with Crippen LogP contribution in [0.4, 0.5) is 0 Å². The Morgan fingerprint density at radius 1 is 1.25 bits per heavy atom. The van der Waals surface area contributed by atoms with Crippen molar-refractivity contribution in [2.75, 3.05) is 0 Å². The molecule has 1 aromatic rings. The predicted molar refractivity (Wildman–Crippen MR) is 60.0 cm³/mol. The number of ketones is 1. The highest BCUT2D eigenvalue weighted by atomic mass is 16.5. The van der Waals surface area contributed by atoms with Gasteiger partial charge in [-0.25, -0.2) is 0 Å². The minimum absolute atomic E-state index is 0.100. The summed E-state index contributed by atoms with van der Waals surface area (Å²) in [5.74, 6) is 3.28. The second-order valence-corrected chi connectivity index (χ2v) is 2.92. The molecule has 0 atom stereocenters. The Bertz CT molecular complexity index is 498. The summed E-state index contributed by atoms with van der Waals surface area (Å²) in [6.45, 7) is 3.10. The average molecular weight is 214 g/mol. The van der Waals surface area contributed by atoms with Gasteiger partial charge in [-0.2, -0.15) is 0 Å². The summed E-state index contributed by atoms with van der Waals surface area (Å²) in [6, 6.07) is 4.70. The molecule has 3 heteroatoms. The predicted octanol–water partition coefficient (Wildman–Crippen LogP) is 2.22. The number of rotatable bonds is 3. The number of benzene rings is 1. The first-order valence-electron chi connectivity index (χ1n) is 4.54. The Balaban J connectivity index is 3.12. The molecule has 0 aliphatic carbocycles. The lowest BCUT2D eigenvalue weighted by Crippen LogP contribution is -1.95. The highest BCUT2D eigenvalue weighted by Gasteiger charge is 2.06. The van der Waals surface area contributed by atoms with Gasteiger partial charge in [0.05, 0.1) is 0 Å². The zero-order chi connectivity index (χ0) is 12.0. The third kappa shape index (κ3) is 3.08. The van der Waals surface area contributed by atoms with E-state index in [-0.39, 0.29) is 5.78 Å². The van der Waals surface area contributed by atoms with Crippen LogP contribution in [0.25, 0.3) is 0 Å². The third-order valence-electron chi connectivity index (χ3n) is 1.73. The van der Waals surface area contributed by atoms with Crippen molar-refractivity contribution >= 4 is 5.78 Å². The Morgan fingerprint density at radius 3 is 2.38 bits per heavy atom. The van der Waals surface area contributed by atoms with Crippen molar-refractivity contribution in [3.05, 3.63) is 23.8 Å². The van der Waals surface area contributed by atoms with E-state index in [0.717, 1.165) is 0 Å². The van der Waals surface area contributed by atoms with Gasteiger partial charge in [-0.1, -0.05) is 12.3 Å². The first kappa shape index (κ1) is 11.7. The van der Waals surface area contributed by atoms with Crippen LogP contribution >= 0.6 is 0 Å². The molecule has 0 saturated carbocycles. The standard InChI is InChI=1S/C13H10O3/c1-4-6-16-13-8-11(10(3)14)7-12(9-13)15-5-2/h2,7-9H,1,3H3. The molecular formula is C13H10O3. The van der Waals surface area contributed by atoms with Crippen molar-refractivity contribution < 1.29 is 14.3 Å². The molecular weight excluding hydrogens is 204 g/mol. The molecule has 0 aliphatic heterocycles. The molecule has 0 aliphatic rings. The minimum Gasteiger partial charge on any atom is -0.408 e. The molecule has 16 heavy (non-hydrogen) atoms. The fourth-order valence-corrected chi connectivity index (χ4v) is 1.07. The van der Waals surface area contributed by atoms with E-state index < -0.39 is 0 Å². The lowest BCUT2D eigenvalue weighted by atomic mass is 10.1. The van der Waals surface area contributed by atoms with Crippen molar-refractivity contribution in [3.63, 3.8) is 0 Å². The summed E-state index contributed by atoms with van der Waals surface area (Å²) in [4.78, 5) is 11.2. The van der Waals surface area contributed by atoms with E-state index in [1.54, 1.807) is 25.1 Å². The van der Waals surface area contributed by atoms with Crippen LogP contribution in [-0.4, -0.2) is 5.78 Å². The Morgan fingerprint density at radius 2 is 1.88 bits per heavy atom. The Labute approximate surface area is 94.4 Å². The first-order valence-corrected chi connectivity index (χ1v) is 4.54. The van der Waals surface area contributed by atoms with Gasteiger partial charge >= 0.3 is 0 Å². The number of Topliss-reactive ketones (excluding diaryl/α,β-unsaturated/α-hetero) is 1. The number of hydrogen-bond acceptors (Lipinski definition) is 3. The van der Waals surface area contributed by atoms with Crippen LogP contribution in [0.3, 0.4) is 0 Å². The zero-order valence-electron chi connectivity index (χ0n) is 9.03. The highest BCUT2D eigenvalue weighted by molar-refractivity contribution is 5.94. The normalized spacial score (nSPS) is 8.31. The topological polar surface area (TPSA) is 35.5 Å². The molecule has 0 saturated heterocycles. The van der Waals surface area contributed by atoms with E-state index in [9.17, 15) is 4.79 Å². The fraction of sp³-hybridized carbons (Fsp3) is 0.154. The summed E-state index contributed by atoms with van der Waals surface area (Å²) >= 11 is 0. The molecule has 0 aromatic heterocycles. The van der Waals surface area contributed by atoms with E-state index in [1.165, 1.54) is 6.92 Å². The molecule has 80 valence electrons. The minimum atomic E-state index is -0.100. The SMILES string of the molecule is C#COc1cc(OC#CC)cc(C(C)=O)c1. The summed E-state index contributed by atoms with van der Waals surface area (Å²) < 4.78 is 9.94. The van der Waals surface area contributed by atoms with Gasteiger partial charge in [0, 0.05) is 18.6 Å². The molecule has 0 amide bonds. The van der Waals surface area contributed by atoms with Gasteiger partial charge in [-0.05, 0) is 19.1 Å². The second kappa shape index (κ2) is 5.48. The Kier molecular flexibility index (Phi) is 4.00. The van der Waals surface area contributed by atoms with Gasteiger partial charge in [0.25, 0.3) is 0 Å². The number of carbonyl (C=O) groups is 1. The van der Waals surface area contributed by atoms with E-state index in [2.05, 4.69) is 12.0 Å². The summed E-state index contributed by atoms with van der Waals surface area (Å²) in [6.07, 6.45) is 9.47. The Hall–Kier alpha value is -2.39. The van der Waals surface area contributed by atoms with Gasteiger partial charge in [0.15, 0.2) is 5.78 Å². The molecule has 0 spiro atoms. The molecule has 3 nitrogen and oxygen atoms in total. The van der Waals surface area contributed by atoms with E-state index >= 15 is 0 Å². The van der Waals surface area contributed by atoms with Gasteiger partial charge < -0.3 is 9.47 Å². The van der Waals surface area contributed by atoms with Crippen molar-refractivity contribution in [1.29, 1.82) is 0 Å². The second-order valence-electron chi connectivity index (χ2n) is 2.92. The van der Waals surface area contributed by atoms with Crippen LogP contribution in [0.5, 0.6) is 11.5 Å². The van der Waals surface area contributed by atoms with E-state index in [0.29, 0.717) is 17.1 Å². The van der Waals surface area contributed by atoms with Gasteiger partial charge in [-0.15, -0.1) is 0 Å². The monoisotopic (exact) mass is 214 g/mol. The number of carbonyl (C=O) groups excluding carboxylic acids is 1. The van der Waals surface area contributed by atoms with Crippen molar-refractivity contribution in [2.24, 2.45) is 0 Å². The molecule has 0 unspecified atom stereocenters. The molecule has 0 bridgehead atoms. The maximum Gasteiger partial charge on any atom is 0.160 e. The van der Waals surface area contributed by atoms with Gasteiger partial charge in [0.2, 0.25) is 0 Å².